The number of amides is 1. The van der Waals surface area contributed by atoms with Crippen LogP contribution in [0.3, 0.4) is 0 Å². The van der Waals surface area contributed by atoms with E-state index < -0.39 is 60.4 Å². The molecular formula is C40H61N8O10P. The van der Waals surface area contributed by atoms with Gasteiger partial charge in [-0.1, -0.05) is 17.1 Å². The summed E-state index contributed by atoms with van der Waals surface area (Å²) in [5, 5.41) is 26.7. The fraction of sp³-hybridized carbons (Fsp3) is 0.650. The number of H-pyrrole nitrogens is 1. The smallest absolute Gasteiger partial charge is 0.382 e. The number of nitrogens with zero attached hydrogens (tertiary/aromatic N) is 5. The van der Waals surface area contributed by atoms with Crippen LogP contribution in [0.4, 0.5) is 0 Å². The number of hydrogen-bond acceptors (Lipinski definition) is 13. The number of phosphoric acid groups is 1. The Labute approximate surface area is 345 Å². The molecule has 4 heterocycles. The van der Waals surface area contributed by atoms with Gasteiger partial charge in [-0.05, 0) is 108 Å². The normalized spacial score (nSPS) is 22.1. The summed E-state index contributed by atoms with van der Waals surface area (Å²) in [5.41, 5.74) is -4.98. The van der Waals surface area contributed by atoms with Crippen molar-refractivity contribution in [1.82, 2.24) is 40.2 Å². The van der Waals surface area contributed by atoms with E-state index in [1.54, 1.807) is 71.5 Å². The summed E-state index contributed by atoms with van der Waals surface area (Å²) in [7, 11) is -4.57. The number of ether oxygens (including phenoxy) is 2. The quantitative estimate of drug-likeness (QED) is 0.0788. The van der Waals surface area contributed by atoms with E-state index in [-0.39, 0.29) is 17.0 Å². The Morgan fingerprint density at radius 2 is 1.75 bits per heavy atom. The zero-order chi connectivity index (χ0) is 44.0. The lowest BCUT2D eigenvalue weighted by atomic mass is 9.82. The predicted octanol–water partition coefficient (Wildman–Crippen LogP) is 3.61. The molecule has 0 radical (unpaired) electrons. The standard InChI is InChI=1S/C40H61N8O10P/c1-36(2,3)43-21-20-41-32(49)27-18-19-29(42-22-27)24-47-25-30(45-46-47)17-15-13-12-14-16-28-23-48(35(51)44-33(28)50)34-39(10,52)40(11,57-37(4,5)6)31(56-34)26-55-59(53,54)58-38(7,8)9/h18-19,22-23,25,31,34,43,52H,12-13,15,17,20-21,24,26H2,1-11H3,(H,41,49)(H,53,54)(H,44,50,51)/t31-,34-,39-,40?/m1/s1. The maximum Gasteiger partial charge on any atom is 0.472 e. The molecule has 18 nitrogen and oxygen atoms in total. The Morgan fingerprint density at radius 3 is 2.37 bits per heavy atom. The van der Waals surface area contributed by atoms with Gasteiger partial charge >= 0.3 is 13.5 Å². The highest BCUT2D eigenvalue weighted by Crippen LogP contribution is 2.52. The summed E-state index contributed by atoms with van der Waals surface area (Å²) in [6.45, 7) is 20.3. The molecule has 1 amide bonds. The number of aryl methyl sites for hydroxylation is 1. The third-order valence-corrected chi connectivity index (χ3v) is 10.4. The van der Waals surface area contributed by atoms with E-state index in [4.69, 9.17) is 18.5 Å². The van der Waals surface area contributed by atoms with Gasteiger partial charge in [0.1, 0.15) is 22.9 Å². The molecule has 5 atom stereocenters. The van der Waals surface area contributed by atoms with Crippen molar-refractivity contribution >= 4 is 13.7 Å². The Hall–Kier alpha value is -4.05. The molecule has 0 bridgehead atoms. The second-order valence-electron chi connectivity index (χ2n) is 18.0. The topological polar surface area (TPSA) is 234 Å². The maximum atomic E-state index is 13.2. The van der Waals surface area contributed by atoms with Crippen molar-refractivity contribution in [3.63, 3.8) is 0 Å². The average Bonchev–Trinajstić information content (AvgIpc) is 3.61. The fourth-order valence-corrected chi connectivity index (χ4v) is 7.42. The first-order chi connectivity index (χ1) is 27.2. The van der Waals surface area contributed by atoms with E-state index in [0.29, 0.717) is 44.5 Å². The Morgan fingerprint density at radius 1 is 1.03 bits per heavy atom. The van der Waals surface area contributed by atoms with Crippen LogP contribution in [-0.4, -0.2) is 99.2 Å². The molecule has 3 aromatic rings. The summed E-state index contributed by atoms with van der Waals surface area (Å²) in [6.07, 6.45) is 4.53. The number of unbranched alkanes of at least 4 members (excludes halogenated alkanes) is 2. The average molecular weight is 845 g/mol. The molecule has 0 aromatic carbocycles. The van der Waals surface area contributed by atoms with E-state index in [9.17, 15) is 28.9 Å². The largest absolute Gasteiger partial charge is 0.472 e. The van der Waals surface area contributed by atoms with Gasteiger partial charge in [0.05, 0.1) is 41.3 Å². The summed E-state index contributed by atoms with van der Waals surface area (Å²) in [4.78, 5) is 55.4. The van der Waals surface area contributed by atoms with Crippen molar-refractivity contribution in [2.24, 2.45) is 0 Å². The number of carbonyl (C=O) groups is 1. The van der Waals surface area contributed by atoms with Crippen molar-refractivity contribution in [3.8, 4) is 11.8 Å². The molecule has 326 valence electrons. The Kier molecular flexibility index (Phi) is 15.1. The molecule has 0 saturated carbocycles. The van der Waals surface area contributed by atoms with Crippen LogP contribution in [0.1, 0.15) is 129 Å². The predicted molar refractivity (Wildman–Crippen MR) is 220 cm³/mol. The van der Waals surface area contributed by atoms with Gasteiger partial charge in [-0.2, -0.15) is 0 Å². The zero-order valence-corrected chi connectivity index (χ0v) is 36.9. The molecule has 2 unspecified atom stereocenters. The van der Waals surface area contributed by atoms with Crippen molar-refractivity contribution in [1.29, 1.82) is 0 Å². The van der Waals surface area contributed by atoms with E-state index in [1.165, 1.54) is 13.1 Å². The van der Waals surface area contributed by atoms with Gasteiger partial charge in [-0.25, -0.2) is 14.0 Å². The SMILES string of the molecule is CC(C)(C)NCCNC(=O)c1ccc(Cn2cc(CCCCC#Cc3cn([C@@H]4O[C@H](COP(=O)(O)OC(C)(C)C)C(C)(OC(C)(C)C)[C@]4(C)O)c(=O)[nH]c3=O)nn2)nc1. The van der Waals surface area contributed by atoms with E-state index in [1.807, 2.05) is 6.20 Å². The van der Waals surface area contributed by atoms with Gasteiger partial charge in [-0.15, -0.1) is 5.10 Å². The van der Waals surface area contributed by atoms with Crippen LogP contribution in [0.5, 0.6) is 0 Å². The van der Waals surface area contributed by atoms with Gasteiger partial charge in [0.2, 0.25) is 0 Å². The Balaban J connectivity index is 1.35. The Bertz CT molecular complexity index is 2130. The maximum absolute atomic E-state index is 13.2. The van der Waals surface area contributed by atoms with Crippen molar-refractivity contribution in [2.45, 2.75) is 149 Å². The lowest BCUT2D eigenvalue weighted by Gasteiger charge is -2.44. The van der Waals surface area contributed by atoms with Crippen LogP contribution in [0.15, 0.2) is 40.3 Å². The molecule has 1 aliphatic heterocycles. The first-order valence-electron chi connectivity index (χ1n) is 19.7. The lowest BCUT2D eigenvalue weighted by molar-refractivity contribution is -0.214. The number of aromatic nitrogens is 6. The van der Waals surface area contributed by atoms with Crippen LogP contribution in [-0.2, 0) is 36.1 Å². The van der Waals surface area contributed by atoms with Crippen LogP contribution in [0, 0.1) is 11.8 Å². The van der Waals surface area contributed by atoms with E-state index in [0.717, 1.165) is 22.4 Å². The molecule has 1 fully saturated rings. The zero-order valence-electron chi connectivity index (χ0n) is 36.0. The van der Waals surface area contributed by atoms with E-state index >= 15 is 0 Å². The van der Waals surface area contributed by atoms with Crippen molar-refractivity contribution in [2.75, 3.05) is 19.7 Å². The molecule has 0 aliphatic carbocycles. The fourth-order valence-electron chi connectivity index (χ4n) is 6.35. The van der Waals surface area contributed by atoms with Gasteiger partial charge in [-0.3, -0.25) is 33.2 Å². The minimum atomic E-state index is -4.57. The number of rotatable bonds is 16. The lowest BCUT2D eigenvalue weighted by Crippen LogP contribution is -2.59. The first kappa shape index (κ1) is 47.6. The summed E-state index contributed by atoms with van der Waals surface area (Å²) < 4.78 is 38.4. The van der Waals surface area contributed by atoms with Crippen molar-refractivity contribution < 1.29 is 37.9 Å². The third-order valence-electron chi connectivity index (χ3n) is 9.18. The second-order valence-corrected chi connectivity index (χ2v) is 19.4. The van der Waals surface area contributed by atoms with Gasteiger partial charge < -0.3 is 30.1 Å². The van der Waals surface area contributed by atoms with Gasteiger partial charge in [0.15, 0.2) is 6.23 Å². The molecular weight excluding hydrogens is 783 g/mol. The third kappa shape index (κ3) is 13.7. The first-order valence-corrected chi connectivity index (χ1v) is 21.2. The molecule has 1 saturated heterocycles. The number of carbonyl (C=O) groups excluding carboxylic acids is 1. The van der Waals surface area contributed by atoms with Crippen LogP contribution in [0.25, 0.3) is 0 Å². The molecule has 1 aliphatic rings. The summed E-state index contributed by atoms with van der Waals surface area (Å²) in [5.74, 6) is 5.62. The molecule has 19 heteroatoms. The van der Waals surface area contributed by atoms with Gasteiger partial charge in [0.25, 0.3) is 11.5 Å². The van der Waals surface area contributed by atoms with Crippen LogP contribution >= 0.6 is 7.82 Å². The highest BCUT2D eigenvalue weighted by atomic mass is 31.2. The second kappa shape index (κ2) is 18.7. The number of nitrogens with one attached hydrogen (secondary N) is 3. The monoisotopic (exact) mass is 844 g/mol. The highest BCUT2D eigenvalue weighted by molar-refractivity contribution is 7.47. The molecule has 4 rings (SSSR count). The number of aromatic amines is 1. The molecule has 59 heavy (non-hydrogen) atoms. The molecule has 5 N–H and O–H groups in total. The summed E-state index contributed by atoms with van der Waals surface area (Å²) in [6, 6.07) is 3.52. The minimum Gasteiger partial charge on any atom is -0.382 e. The van der Waals surface area contributed by atoms with Gasteiger partial charge in [0, 0.05) is 43.6 Å². The highest BCUT2D eigenvalue weighted by Gasteiger charge is 2.64. The number of pyridine rings is 1. The summed E-state index contributed by atoms with van der Waals surface area (Å²) >= 11 is 0. The van der Waals surface area contributed by atoms with Crippen LogP contribution in [0.2, 0.25) is 0 Å². The molecule has 3 aromatic heterocycles. The van der Waals surface area contributed by atoms with E-state index in [2.05, 4.69) is 63.5 Å². The molecule has 0 spiro atoms. The minimum absolute atomic E-state index is 0.0235. The number of aliphatic hydroxyl groups is 1. The van der Waals surface area contributed by atoms with Crippen molar-refractivity contribution in [3.05, 3.63) is 74.1 Å². The number of hydrogen-bond donors (Lipinski definition) is 5. The number of phosphoric ester groups is 1. The van der Waals surface area contributed by atoms with Crippen LogP contribution < -0.4 is 21.9 Å².